The SMILES string of the molecule is COc1ccc(-c2nn(-c3ccc(F)cc3)c3c2cnc2ccc(C)cc23)cc1OC. The van der Waals surface area contributed by atoms with Crippen LogP contribution < -0.4 is 9.47 Å². The van der Waals surface area contributed by atoms with Crippen molar-refractivity contribution in [2.45, 2.75) is 6.92 Å². The Bertz CT molecular complexity index is 1420. The van der Waals surface area contributed by atoms with Crippen LogP contribution in [0.15, 0.2) is 66.9 Å². The van der Waals surface area contributed by atoms with Crippen LogP contribution in [-0.2, 0) is 0 Å². The van der Waals surface area contributed by atoms with E-state index in [1.807, 2.05) is 48.1 Å². The van der Waals surface area contributed by atoms with Gasteiger partial charge in [0.15, 0.2) is 11.5 Å². The van der Waals surface area contributed by atoms with Crippen molar-refractivity contribution in [2.75, 3.05) is 14.2 Å². The van der Waals surface area contributed by atoms with Crippen molar-refractivity contribution in [2.24, 2.45) is 0 Å². The van der Waals surface area contributed by atoms with Crippen LogP contribution in [0.2, 0.25) is 0 Å². The van der Waals surface area contributed by atoms with Gasteiger partial charge in [0.05, 0.1) is 30.9 Å². The second kappa shape index (κ2) is 7.40. The highest BCUT2D eigenvalue weighted by atomic mass is 19.1. The molecule has 0 aliphatic heterocycles. The second-order valence-corrected chi connectivity index (χ2v) is 7.35. The van der Waals surface area contributed by atoms with Crippen molar-refractivity contribution in [3.8, 4) is 28.4 Å². The largest absolute Gasteiger partial charge is 0.493 e. The van der Waals surface area contributed by atoms with Gasteiger partial charge in [-0.1, -0.05) is 11.6 Å². The summed E-state index contributed by atoms with van der Waals surface area (Å²) in [6.07, 6.45) is 1.84. The maximum absolute atomic E-state index is 13.6. The highest BCUT2D eigenvalue weighted by molar-refractivity contribution is 6.09. The molecule has 0 saturated carbocycles. The number of fused-ring (bicyclic) bond motifs is 3. The summed E-state index contributed by atoms with van der Waals surface area (Å²) in [5.41, 5.74) is 5.33. The Hall–Kier alpha value is -3.93. The van der Waals surface area contributed by atoms with E-state index in [1.165, 1.54) is 12.1 Å². The molecule has 154 valence electrons. The van der Waals surface area contributed by atoms with Crippen LogP contribution in [0.25, 0.3) is 38.8 Å². The molecule has 2 heterocycles. The van der Waals surface area contributed by atoms with Crippen molar-refractivity contribution >= 4 is 21.8 Å². The smallest absolute Gasteiger partial charge is 0.161 e. The van der Waals surface area contributed by atoms with Crippen molar-refractivity contribution in [3.05, 3.63) is 78.2 Å². The van der Waals surface area contributed by atoms with Gasteiger partial charge >= 0.3 is 0 Å². The summed E-state index contributed by atoms with van der Waals surface area (Å²) in [4.78, 5) is 4.66. The lowest BCUT2D eigenvalue weighted by Gasteiger charge is -2.08. The minimum atomic E-state index is -0.289. The molecule has 5 rings (SSSR count). The van der Waals surface area contributed by atoms with E-state index >= 15 is 0 Å². The van der Waals surface area contributed by atoms with Crippen molar-refractivity contribution < 1.29 is 13.9 Å². The van der Waals surface area contributed by atoms with Crippen molar-refractivity contribution in [1.29, 1.82) is 0 Å². The number of hydrogen-bond acceptors (Lipinski definition) is 4. The van der Waals surface area contributed by atoms with Gasteiger partial charge in [-0.2, -0.15) is 5.10 Å². The van der Waals surface area contributed by atoms with Gasteiger partial charge in [-0.05, 0) is 61.5 Å². The molecule has 2 aromatic heterocycles. The average Bonchev–Trinajstić information content (AvgIpc) is 3.19. The zero-order valence-corrected chi connectivity index (χ0v) is 17.4. The highest BCUT2D eigenvalue weighted by Crippen LogP contribution is 2.37. The summed E-state index contributed by atoms with van der Waals surface area (Å²) >= 11 is 0. The number of benzene rings is 3. The van der Waals surface area contributed by atoms with E-state index < -0.39 is 0 Å². The third-order valence-corrected chi connectivity index (χ3v) is 5.39. The van der Waals surface area contributed by atoms with E-state index in [2.05, 4.69) is 11.1 Å². The Balaban J connectivity index is 1.86. The molecule has 5 nitrogen and oxygen atoms in total. The van der Waals surface area contributed by atoms with Crippen molar-refractivity contribution in [3.63, 3.8) is 0 Å². The van der Waals surface area contributed by atoms with Crippen LogP contribution in [-0.4, -0.2) is 29.0 Å². The zero-order chi connectivity index (χ0) is 21.5. The Morgan fingerprint density at radius 1 is 0.839 bits per heavy atom. The summed E-state index contributed by atoms with van der Waals surface area (Å²) in [5, 5.41) is 6.81. The number of aryl methyl sites for hydroxylation is 1. The minimum absolute atomic E-state index is 0.289. The normalized spacial score (nSPS) is 11.2. The first-order valence-corrected chi connectivity index (χ1v) is 9.85. The van der Waals surface area contributed by atoms with E-state index in [0.29, 0.717) is 11.5 Å². The Morgan fingerprint density at radius 2 is 1.61 bits per heavy atom. The molecule has 5 aromatic rings. The molecule has 0 N–H and O–H groups in total. The van der Waals surface area contributed by atoms with Gasteiger partial charge < -0.3 is 9.47 Å². The first-order chi connectivity index (χ1) is 15.1. The van der Waals surface area contributed by atoms with E-state index in [-0.39, 0.29) is 5.82 Å². The summed E-state index contributed by atoms with van der Waals surface area (Å²) in [6, 6.07) is 18.2. The number of rotatable bonds is 4. The number of halogens is 1. The molecule has 0 fully saturated rings. The molecule has 3 aromatic carbocycles. The average molecular weight is 413 g/mol. The number of aromatic nitrogens is 3. The third-order valence-electron chi connectivity index (χ3n) is 5.39. The fourth-order valence-corrected chi connectivity index (χ4v) is 3.86. The van der Waals surface area contributed by atoms with Gasteiger partial charge in [-0.25, -0.2) is 9.07 Å². The fraction of sp³-hybridized carbons (Fsp3) is 0.120. The monoisotopic (exact) mass is 413 g/mol. The molecular formula is C25H20FN3O2. The molecule has 0 amide bonds. The van der Waals surface area contributed by atoms with Gasteiger partial charge in [0.1, 0.15) is 11.5 Å². The van der Waals surface area contributed by atoms with E-state index in [4.69, 9.17) is 14.6 Å². The van der Waals surface area contributed by atoms with Gasteiger partial charge in [-0.15, -0.1) is 0 Å². The van der Waals surface area contributed by atoms with Gasteiger partial charge in [0.25, 0.3) is 0 Å². The number of hydrogen-bond donors (Lipinski definition) is 0. The van der Waals surface area contributed by atoms with E-state index in [1.54, 1.807) is 26.4 Å². The van der Waals surface area contributed by atoms with Gasteiger partial charge in [-0.3, -0.25) is 4.98 Å². The summed E-state index contributed by atoms with van der Waals surface area (Å²) in [7, 11) is 3.21. The van der Waals surface area contributed by atoms with Gasteiger partial charge in [0, 0.05) is 22.5 Å². The number of nitrogens with zero attached hydrogens (tertiary/aromatic N) is 3. The number of ether oxygens (including phenoxy) is 2. The lowest BCUT2D eigenvalue weighted by Crippen LogP contribution is -1.97. The predicted octanol–water partition coefficient (Wildman–Crippen LogP) is 5.71. The molecule has 0 atom stereocenters. The fourth-order valence-electron chi connectivity index (χ4n) is 3.86. The maximum atomic E-state index is 13.6. The highest BCUT2D eigenvalue weighted by Gasteiger charge is 2.18. The third kappa shape index (κ3) is 3.17. The topological polar surface area (TPSA) is 49.2 Å². The molecule has 31 heavy (non-hydrogen) atoms. The molecule has 0 aliphatic carbocycles. The summed E-state index contributed by atoms with van der Waals surface area (Å²) in [5.74, 6) is 0.976. The number of methoxy groups -OCH3 is 2. The summed E-state index contributed by atoms with van der Waals surface area (Å²) < 4.78 is 26.3. The number of pyridine rings is 1. The van der Waals surface area contributed by atoms with Crippen LogP contribution >= 0.6 is 0 Å². The zero-order valence-electron chi connectivity index (χ0n) is 17.4. The van der Waals surface area contributed by atoms with Crippen LogP contribution in [0.3, 0.4) is 0 Å². The minimum Gasteiger partial charge on any atom is -0.493 e. The van der Waals surface area contributed by atoms with Crippen LogP contribution in [0, 0.1) is 12.7 Å². The van der Waals surface area contributed by atoms with Crippen LogP contribution in [0.1, 0.15) is 5.56 Å². The molecule has 6 heteroatoms. The Labute approximate surface area is 178 Å². The van der Waals surface area contributed by atoms with Gasteiger partial charge in [0.2, 0.25) is 0 Å². The lowest BCUT2D eigenvalue weighted by molar-refractivity contribution is 0.355. The second-order valence-electron chi connectivity index (χ2n) is 7.35. The first kappa shape index (κ1) is 19.1. The van der Waals surface area contributed by atoms with Crippen LogP contribution in [0.5, 0.6) is 11.5 Å². The lowest BCUT2D eigenvalue weighted by atomic mass is 10.1. The first-order valence-electron chi connectivity index (χ1n) is 9.85. The summed E-state index contributed by atoms with van der Waals surface area (Å²) in [6.45, 7) is 2.05. The molecule has 0 bridgehead atoms. The maximum Gasteiger partial charge on any atom is 0.161 e. The molecule has 0 unspecified atom stereocenters. The van der Waals surface area contributed by atoms with Crippen LogP contribution in [0.4, 0.5) is 4.39 Å². The quantitative estimate of drug-likeness (QED) is 0.379. The van der Waals surface area contributed by atoms with Crippen molar-refractivity contribution in [1.82, 2.24) is 14.8 Å². The van der Waals surface area contributed by atoms with E-state index in [0.717, 1.165) is 44.3 Å². The molecule has 0 aliphatic rings. The molecule has 0 spiro atoms. The predicted molar refractivity (Wildman–Crippen MR) is 120 cm³/mol. The van der Waals surface area contributed by atoms with E-state index in [9.17, 15) is 4.39 Å². The molecule has 0 radical (unpaired) electrons. The standard InChI is InChI=1S/C25H20FN3O2/c1-15-4-10-21-19(12-15)25-20(14-27-21)24(16-5-11-22(30-2)23(13-16)31-3)28-29(25)18-8-6-17(26)7-9-18/h4-14H,1-3H3. The Kier molecular flexibility index (Phi) is 4.55. The molecule has 0 saturated heterocycles. The molecular weight excluding hydrogens is 393 g/mol. The Morgan fingerprint density at radius 3 is 2.35 bits per heavy atom.